The van der Waals surface area contributed by atoms with Crippen molar-refractivity contribution in [3.8, 4) is 0 Å². The van der Waals surface area contributed by atoms with E-state index in [4.69, 9.17) is 4.74 Å². The van der Waals surface area contributed by atoms with Gasteiger partial charge in [0.2, 0.25) is 0 Å². The monoisotopic (exact) mass is 293 g/mol. The molecule has 9 heteroatoms. The summed E-state index contributed by atoms with van der Waals surface area (Å²) in [4.78, 5) is 20.1. The van der Waals surface area contributed by atoms with Crippen LogP contribution in [0.4, 0.5) is 4.39 Å². The number of halogens is 1. The number of hydrogen-bond acceptors (Lipinski definition) is 6. The van der Waals surface area contributed by atoms with Gasteiger partial charge in [-0.05, 0) is 13.8 Å². The van der Waals surface area contributed by atoms with E-state index < -0.39 is 37.7 Å². The van der Waals surface area contributed by atoms with Crippen LogP contribution >= 0.6 is 11.3 Å². The van der Waals surface area contributed by atoms with Crippen molar-refractivity contribution in [2.45, 2.75) is 24.8 Å². The SMILES string of the molecule is CC(C)OC(=O)c1scc(F)c1S(=O)(=O)N=C=O. The Morgan fingerprint density at radius 2 is 2.17 bits per heavy atom. The van der Waals surface area contributed by atoms with Crippen LogP contribution in [0.15, 0.2) is 14.7 Å². The summed E-state index contributed by atoms with van der Waals surface area (Å²) in [5.41, 5.74) is 0. The van der Waals surface area contributed by atoms with Crippen molar-refractivity contribution in [2.75, 3.05) is 0 Å². The smallest absolute Gasteiger partial charge is 0.350 e. The Morgan fingerprint density at radius 3 is 2.67 bits per heavy atom. The predicted octanol–water partition coefficient (Wildman–Crippen LogP) is 1.48. The van der Waals surface area contributed by atoms with Crippen molar-refractivity contribution in [1.82, 2.24) is 0 Å². The summed E-state index contributed by atoms with van der Waals surface area (Å²) in [5, 5.41) is 0.824. The first kappa shape index (κ1) is 14.5. The molecule has 1 aromatic heterocycles. The molecule has 6 nitrogen and oxygen atoms in total. The van der Waals surface area contributed by atoms with Crippen LogP contribution in [0.5, 0.6) is 0 Å². The van der Waals surface area contributed by atoms with Gasteiger partial charge in [0.1, 0.15) is 4.88 Å². The molecule has 0 aromatic carbocycles. The van der Waals surface area contributed by atoms with Crippen LogP contribution in [-0.2, 0) is 19.6 Å². The van der Waals surface area contributed by atoms with E-state index in [9.17, 15) is 22.4 Å². The van der Waals surface area contributed by atoms with Crippen molar-refractivity contribution in [3.05, 3.63) is 16.1 Å². The van der Waals surface area contributed by atoms with E-state index in [1.165, 1.54) is 0 Å². The van der Waals surface area contributed by atoms with Crippen molar-refractivity contribution >= 4 is 33.4 Å². The van der Waals surface area contributed by atoms with Gasteiger partial charge in [0.15, 0.2) is 10.7 Å². The zero-order valence-electron chi connectivity index (χ0n) is 9.34. The fourth-order valence-electron chi connectivity index (χ4n) is 1.07. The molecule has 0 radical (unpaired) electrons. The lowest BCUT2D eigenvalue weighted by atomic mass is 10.4. The quantitative estimate of drug-likeness (QED) is 0.476. The summed E-state index contributed by atoms with van der Waals surface area (Å²) >= 11 is 0.560. The molecule has 0 spiro atoms. The third kappa shape index (κ3) is 3.00. The van der Waals surface area contributed by atoms with Gasteiger partial charge < -0.3 is 4.74 Å². The van der Waals surface area contributed by atoms with E-state index in [2.05, 4.69) is 4.40 Å². The van der Waals surface area contributed by atoms with Crippen LogP contribution in [-0.4, -0.2) is 26.6 Å². The van der Waals surface area contributed by atoms with Gasteiger partial charge in [-0.1, -0.05) is 4.40 Å². The maximum atomic E-state index is 13.4. The Morgan fingerprint density at radius 1 is 1.56 bits per heavy atom. The highest BCUT2D eigenvalue weighted by Gasteiger charge is 2.30. The standard InChI is InChI=1S/C9H8FNO5S2/c1-5(2)16-9(13)7-8(6(10)3-17-7)18(14,15)11-4-12/h3,5H,1-2H3. The predicted molar refractivity (Wildman–Crippen MR) is 60.1 cm³/mol. The van der Waals surface area contributed by atoms with Crippen molar-refractivity contribution < 1.29 is 27.1 Å². The number of rotatable bonds is 4. The molecule has 1 rings (SSSR count). The molecule has 98 valence electrons. The number of thiophene rings is 1. The lowest BCUT2D eigenvalue weighted by molar-refractivity contribution is 0.0379. The lowest BCUT2D eigenvalue weighted by Gasteiger charge is -2.07. The Hall–Kier alpha value is -1.57. The van der Waals surface area contributed by atoms with E-state index in [1.54, 1.807) is 13.8 Å². The number of ether oxygens (including phenoxy) is 1. The number of hydrogen-bond donors (Lipinski definition) is 0. The van der Waals surface area contributed by atoms with E-state index in [0.29, 0.717) is 11.3 Å². The van der Waals surface area contributed by atoms with Crippen LogP contribution in [0.1, 0.15) is 23.5 Å². The van der Waals surface area contributed by atoms with Crippen molar-refractivity contribution in [3.63, 3.8) is 0 Å². The molecule has 1 heterocycles. The van der Waals surface area contributed by atoms with Crippen LogP contribution in [0.2, 0.25) is 0 Å². The molecular formula is C9H8FNO5S2. The van der Waals surface area contributed by atoms with Crippen molar-refractivity contribution in [1.29, 1.82) is 0 Å². The summed E-state index contributed by atoms with van der Waals surface area (Å²) < 4.78 is 43.5. The molecule has 0 N–H and O–H groups in total. The lowest BCUT2D eigenvalue weighted by Crippen LogP contribution is -2.13. The number of esters is 1. The minimum atomic E-state index is -4.57. The number of carbonyl (C=O) groups excluding carboxylic acids is 2. The maximum absolute atomic E-state index is 13.4. The van der Waals surface area contributed by atoms with Gasteiger partial charge in [0, 0.05) is 5.38 Å². The Bertz CT molecular complexity index is 613. The minimum Gasteiger partial charge on any atom is -0.459 e. The summed E-state index contributed by atoms with van der Waals surface area (Å²) in [6.07, 6.45) is 0.310. The van der Waals surface area contributed by atoms with Gasteiger partial charge in [0.25, 0.3) is 16.1 Å². The molecule has 0 saturated carbocycles. The highest BCUT2D eigenvalue weighted by atomic mass is 32.2. The molecule has 0 aliphatic rings. The van der Waals surface area contributed by atoms with E-state index in [1.807, 2.05) is 0 Å². The molecule has 0 bridgehead atoms. The average molecular weight is 293 g/mol. The van der Waals surface area contributed by atoms with Gasteiger partial charge in [-0.3, -0.25) is 0 Å². The second-order valence-electron chi connectivity index (χ2n) is 3.35. The normalized spacial score (nSPS) is 11.1. The zero-order valence-corrected chi connectivity index (χ0v) is 11.0. The summed E-state index contributed by atoms with van der Waals surface area (Å²) in [6.45, 7) is 3.11. The van der Waals surface area contributed by atoms with Gasteiger partial charge in [-0.2, -0.15) is 8.42 Å². The van der Waals surface area contributed by atoms with Crippen LogP contribution in [0.3, 0.4) is 0 Å². The van der Waals surface area contributed by atoms with Crippen LogP contribution < -0.4 is 0 Å². The second kappa shape index (κ2) is 5.38. The third-order valence-electron chi connectivity index (χ3n) is 1.65. The van der Waals surface area contributed by atoms with Crippen molar-refractivity contribution in [2.24, 2.45) is 4.40 Å². The fourth-order valence-corrected chi connectivity index (χ4v) is 3.10. The molecule has 0 saturated heterocycles. The molecule has 0 aliphatic heterocycles. The molecule has 0 unspecified atom stereocenters. The number of nitrogens with zero attached hydrogens (tertiary/aromatic N) is 1. The summed E-state index contributed by atoms with van der Waals surface area (Å²) in [5.74, 6) is -2.15. The Balaban J connectivity index is 3.34. The first-order valence-corrected chi connectivity index (χ1v) is 6.93. The average Bonchev–Trinajstić information content (AvgIpc) is 2.59. The molecule has 0 aliphatic carbocycles. The number of sulfonamides is 1. The van der Waals surface area contributed by atoms with E-state index >= 15 is 0 Å². The summed E-state index contributed by atoms with van der Waals surface area (Å²) in [6, 6.07) is 0. The van der Waals surface area contributed by atoms with Gasteiger partial charge in [-0.15, -0.1) is 11.3 Å². The van der Waals surface area contributed by atoms with Gasteiger partial charge in [-0.25, -0.2) is 14.0 Å². The van der Waals surface area contributed by atoms with E-state index in [-0.39, 0.29) is 0 Å². The summed E-state index contributed by atoms with van der Waals surface area (Å²) in [7, 11) is -4.57. The topological polar surface area (TPSA) is 89.9 Å². The minimum absolute atomic E-state index is 0.458. The Kier molecular flexibility index (Phi) is 4.33. The van der Waals surface area contributed by atoms with Crippen LogP contribution in [0.25, 0.3) is 0 Å². The fraction of sp³-hybridized carbons (Fsp3) is 0.333. The zero-order chi connectivity index (χ0) is 13.9. The van der Waals surface area contributed by atoms with Gasteiger partial charge >= 0.3 is 5.97 Å². The highest BCUT2D eigenvalue weighted by molar-refractivity contribution is 7.90. The maximum Gasteiger partial charge on any atom is 0.350 e. The molecule has 0 fully saturated rings. The van der Waals surface area contributed by atoms with E-state index in [0.717, 1.165) is 11.5 Å². The molecule has 1 aromatic rings. The Labute approximate surface area is 106 Å². The first-order valence-electron chi connectivity index (χ1n) is 4.61. The molecule has 18 heavy (non-hydrogen) atoms. The molecular weight excluding hydrogens is 285 g/mol. The molecule has 0 amide bonds. The third-order valence-corrected chi connectivity index (χ3v) is 3.94. The number of carbonyl (C=O) groups is 1. The number of isocyanates is 1. The van der Waals surface area contributed by atoms with Gasteiger partial charge in [0.05, 0.1) is 6.10 Å². The highest BCUT2D eigenvalue weighted by Crippen LogP contribution is 2.28. The van der Waals surface area contributed by atoms with Crippen LogP contribution in [0, 0.1) is 5.82 Å². The first-order chi connectivity index (χ1) is 8.29. The second-order valence-corrected chi connectivity index (χ2v) is 5.77. The largest absolute Gasteiger partial charge is 0.459 e. The molecule has 0 atom stereocenters.